The number of hydrogen-bond donors (Lipinski definition) is 2. The predicted molar refractivity (Wildman–Crippen MR) is 84.3 cm³/mol. The maximum atomic E-state index is 11.9. The zero-order chi connectivity index (χ0) is 18.3. The van der Waals surface area contributed by atoms with Crippen LogP contribution in [-0.4, -0.2) is 59.0 Å². The summed E-state index contributed by atoms with van der Waals surface area (Å²) in [5, 5.41) is 11.4. The number of carbonyl (C=O) groups excluding carboxylic acids is 2. The van der Waals surface area contributed by atoms with Crippen LogP contribution in [0.5, 0.6) is 0 Å². The molecule has 0 rings (SSSR count). The second kappa shape index (κ2) is 8.59. The van der Waals surface area contributed by atoms with Gasteiger partial charge in [-0.2, -0.15) is 0 Å². The maximum absolute atomic E-state index is 11.9. The van der Waals surface area contributed by atoms with Gasteiger partial charge in [0.15, 0.2) is 0 Å². The van der Waals surface area contributed by atoms with Crippen LogP contribution >= 0.6 is 0 Å². The van der Waals surface area contributed by atoms with Crippen molar-refractivity contribution in [1.82, 2.24) is 10.2 Å². The zero-order valence-electron chi connectivity index (χ0n) is 14.8. The Hall–Kier alpha value is -1.99. The van der Waals surface area contributed by atoms with Gasteiger partial charge < -0.3 is 19.9 Å². The lowest BCUT2D eigenvalue weighted by Gasteiger charge is -2.26. The first-order valence-corrected chi connectivity index (χ1v) is 7.47. The molecule has 8 nitrogen and oxygen atoms in total. The van der Waals surface area contributed by atoms with Gasteiger partial charge in [0.1, 0.15) is 17.7 Å². The Morgan fingerprint density at radius 1 is 1.00 bits per heavy atom. The summed E-state index contributed by atoms with van der Waals surface area (Å²) in [5.41, 5.74) is -1.29. The first-order valence-electron chi connectivity index (χ1n) is 7.47. The third kappa shape index (κ3) is 12.3. The lowest BCUT2D eigenvalue weighted by Crippen LogP contribution is -2.41. The Labute approximate surface area is 137 Å². The van der Waals surface area contributed by atoms with Crippen molar-refractivity contribution < 1.29 is 29.0 Å². The van der Waals surface area contributed by atoms with Crippen LogP contribution in [0.4, 0.5) is 9.59 Å². The minimum atomic E-state index is -1.13. The monoisotopic (exact) mass is 332 g/mol. The van der Waals surface area contributed by atoms with Crippen molar-refractivity contribution in [3.8, 4) is 0 Å². The molecule has 0 aliphatic rings. The van der Waals surface area contributed by atoms with Crippen LogP contribution in [0, 0.1) is 0 Å². The fourth-order valence-corrected chi connectivity index (χ4v) is 1.50. The van der Waals surface area contributed by atoms with Gasteiger partial charge in [0.05, 0.1) is 0 Å². The zero-order valence-corrected chi connectivity index (χ0v) is 14.8. The number of ether oxygens (including phenoxy) is 2. The molecule has 0 radical (unpaired) electrons. The van der Waals surface area contributed by atoms with E-state index in [4.69, 9.17) is 14.6 Å². The van der Waals surface area contributed by atoms with E-state index < -0.39 is 35.9 Å². The number of carbonyl (C=O) groups is 3. The van der Waals surface area contributed by atoms with Crippen LogP contribution in [-0.2, 0) is 14.3 Å². The Balaban J connectivity index is 4.33. The number of amides is 2. The molecule has 2 N–H and O–H groups in total. The molecule has 0 saturated carbocycles. The molecule has 134 valence electrons. The van der Waals surface area contributed by atoms with E-state index in [1.54, 1.807) is 41.5 Å². The number of carboxylic acids is 1. The van der Waals surface area contributed by atoms with Gasteiger partial charge in [-0.1, -0.05) is 0 Å². The molecule has 0 saturated heterocycles. The number of hydrogen-bond acceptors (Lipinski definition) is 5. The lowest BCUT2D eigenvalue weighted by atomic mass is 10.2. The molecular formula is C15H28N2O6. The second-order valence-electron chi connectivity index (χ2n) is 7.08. The van der Waals surface area contributed by atoms with Crippen LogP contribution in [0.2, 0.25) is 0 Å². The molecular weight excluding hydrogens is 304 g/mol. The molecule has 0 bridgehead atoms. The fourth-order valence-electron chi connectivity index (χ4n) is 1.50. The Bertz CT molecular complexity index is 423. The number of carboxylic acid groups (broad SMARTS) is 1. The number of nitrogens with zero attached hydrogens (tertiary/aromatic N) is 1. The topological polar surface area (TPSA) is 105 Å². The number of rotatable bonds is 6. The SMILES string of the molecule is CC(C)(C)OC(=O)NCCCN(CC(=O)O)C(=O)OC(C)(C)C. The molecule has 0 unspecified atom stereocenters. The van der Waals surface area contributed by atoms with Crippen LogP contribution in [0.25, 0.3) is 0 Å². The molecule has 0 spiro atoms. The lowest BCUT2D eigenvalue weighted by molar-refractivity contribution is -0.138. The smallest absolute Gasteiger partial charge is 0.410 e. The van der Waals surface area contributed by atoms with E-state index in [0.717, 1.165) is 4.90 Å². The van der Waals surface area contributed by atoms with Crippen LogP contribution in [0.3, 0.4) is 0 Å². The van der Waals surface area contributed by atoms with Gasteiger partial charge in [0.2, 0.25) is 0 Å². The van der Waals surface area contributed by atoms with Crippen molar-refractivity contribution in [2.75, 3.05) is 19.6 Å². The van der Waals surface area contributed by atoms with Crippen LogP contribution in [0.1, 0.15) is 48.0 Å². The molecule has 23 heavy (non-hydrogen) atoms. The summed E-state index contributed by atoms with van der Waals surface area (Å²) < 4.78 is 10.2. The standard InChI is InChI=1S/C15H28N2O6/c1-14(2,3)22-12(20)16-8-7-9-17(10-11(18)19)13(21)23-15(4,5)6/h7-10H2,1-6H3,(H,16,20)(H,18,19). The molecule has 0 atom stereocenters. The van der Waals surface area contributed by atoms with E-state index in [1.807, 2.05) is 0 Å². The van der Waals surface area contributed by atoms with E-state index in [2.05, 4.69) is 5.32 Å². The fraction of sp³-hybridized carbons (Fsp3) is 0.800. The largest absolute Gasteiger partial charge is 0.480 e. The minimum Gasteiger partial charge on any atom is -0.480 e. The summed E-state index contributed by atoms with van der Waals surface area (Å²) in [7, 11) is 0. The molecule has 8 heteroatoms. The molecule has 0 aliphatic carbocycles. The van der Waals surface area contributed by atoms with Crippen LogP contribution in [0.15, 0.2) is 0 Å². The minimum absolute atomic E-state index is 0.150. The summed E-state index contributed by atoms with van der Waals surface area (Å²) in [6.07, 6.45) is -0.872. The van der Waals surface area contributed by atoms with E-state index in [1.165, 1.54) is 0 Å². The number of aliphatic carboxylic acids is 1. The van der Waals surface area contributed by atoms with Crippen LogP contribution < -0.4 is 5.32 Å². The van der Waals surface area contributed by atoms with Gasteiger partial charge in [-0.15, -0.1) is 0 Å². The summed E-state index contributed by atoms with van der Waals surface area (Å²) in [4.78, 5) is 35.3. The molecule has 2 amide bonds. The highest BCUT2D eigenvalue weighted by molar-refractivity contribution is 5.76. The third-order valence-electron chi connectivity index (χ3n) is 2.25. The van der Waals surface area contributed by atoms with Crippen molar-refractivity contribution in [1.29, 1.82) is 0 Å². The van der Waals surface area contributed by atoms with E-state index in [9.17, 15) is 14.4 Å². The third-order valence-corrected chi connectivity index (χ3v) is 2.25. The Morgan fingerprint density at radius 3 is 1.96 bits per heavy atom. The van der Waals surface area contributed by atoms with Crippen molar-refractivity contribution in [2.45, 2.75) is 59.2 Å². The maximum Gasteiger partial charge on any atom is 0.410 e. The van der Waals surface area contributed by atoms with E-state index in [-0.39, 0.29) is 13.1 Å². The Kier molecular flexibility index (Phi) is 7.85. The average Bonchev–Trinajstić information content (AvgIpc) is 2.27. The van der Waals surface area contributed by atoms with Crippen molar-refractivity contribution in [2.24, 2.45) is 0 Å². The molecule has 0 heterocycles. The predicted octanol–water partition coefficient (Wildman–Crippen LogP) is 2.22. The number of alkyl carbamates (subject to hydrolysis) is 1. The van der Waals surface area contributed by atoms with Gasteiger partial charge in [-0.05, 0) is 48.0 Å². The summed E-state index contributed by atoms with van der Waals surface area (Å²) >= 11 is 0. The first kappa shape index (κ1) is 21.0. The highest BCUT2D eigenvalue weighted by Gasteiger charge is 2.23. The normalized spacial score (nSPS) is 11.6. The van der Waals surface area contributed by atoms with Crippen molar-refractivity contribution in [3.05, 3.63) is 0 Å². The van der Waals surface area contributed by atoms with Gasteiger partial charge in [0.25, 0.3) is 0 Å². The highest BCUT2D eigenvalue weighted by atomic mass is 16.6. The summed E-state index contributed by atoms with van der Waals surface area (Å²) in [6, 6.07) is 0. The quantitative estimate of drug-likeness (QED) is 0.723. The summed E-state index contributed by atoms with van der Waals surface area (Å²) in [5.74, 6) is -1.13. The molecule has 0 aromatic carbocycles. The molecule has 0 aromatic rings. The van der Waals surface area contributed by atoms with Gasteiger partial charge in [-0.25, -0.2) is 9.59 Å². The van der Waals surface area contributed by atoms with E-state index >= 15 is 0 Å². The number of nitrogens with one attached hydrogen (secondary N) is 1. The average molecular weight is 332 g/mol. The highest BCUT2D eigenvalue weighted by Crippen LogP contribution is 2.10. The van der Waals surface area contributed by atoms with Crippen molar-refractivity contribution >= 4 is 18.2 Å². The van der Waals surface area contributed by atoms with Gasteiger partial charge in [-0.3, -0.25) is 9.69 Å². The summed E-state index contributed by atoms with van der Waals surface area (Å²) in [6.45, 7) is 10.3. The van der Waals surface area contributed by atoms with E-state index in [0.29, 0.717) is 6.42 Å². The van der Waals surface area contributed by atoms with Gasteiger partial charge >= 0.3 is 18.2 Å². The van der Waals surface area contributed by atoms with Gasteiger partial charge in [0, 0.05) is 13.1 Å². The first-order chi connectivity index (χ1) is 10.3. The molecule has 0 aromatic heterocycles. The molecule has 0 aliphatic heterocycles. The second-order valence-corrected chi connectivity index (χ2v) is 7.08. The van der Waals surface area contributed by atoms with Crippen molar-refractivity contribution in [3.63, 3.8) is 0 Å². The molecule has 0 fully saturated rings. The Morgan fingerprint density at radius 2 is 1.52 bits per heavy atom.